The minimum Gasteiger partial charge on any atom is -0.478 e. The molecule has 0 saturated carbocycles. The first-order valence-electron chi connectivity index (χ1n) is 14.3. The van der Waals surface area contributed by atoms with E-state index in [9.17, 15) is 19.5 Å². The Hall–Kier alpha value is -4.91. The van der Waals surface area contributed by atoms with Gasteiger partial charge in [-0.15, -0.1) is 0 Å². The predicted molar refractivity (Wildman–Crippen MR) is 159 cm³/mol. The molecule has 3 N–H and O–H groups in total. The number of carbonyl (C=O) groups is 3. The molecule has 4 aromatic carbocycles. The van der Waals surface area contributed by atoms with E-state index < -0.39 is 18.1 Å². The highest BCUT2D eigenvalue weighted by Crippen LogP contribution is 2.44. The van der Waals surface area contributed by atoms with Crippen molar-refractivity contribution in [1.29, 1.82) is 0 Å². The number of carbonyl (C=O) groups excluding carboxylic acids is 2. The first-order chi connectivity index (χ1) is 20.5. The Bertz CT molecular complexity index is 1590. The molecule has 2 atom stereocenters. The number of nitrogens with one attached hydrogen (secondary N) is 2. The lowest BCUT2D eigenvalue weighted by molar-refractivity contribution is -0.123. The van der Waals surface area contributed by atoms with Gasteiger partial charge in [-0.25, -0.2) is 9.59 Å². The lowest BCUT2D eigenvalue weighted by atomic mass is 9.87. The van der Waals surface area contributed by atoms with E-state index in [0.717, 1.165) is 52.6 Å². The minimum atomic E-state index is -1.02. The lowest BCUT2D eigenvalue weighted by Gasteiger charge is -2.28. The second kappa shape index (κ2) is 11.9. The quantitative estimate of drug-likeness (QED) is 0.244. The summed E-state index contributed by atoms with van der Waals surface area (Å²) in [6, 6.07) is 29.6. The van der Waals surface area contributed by atoms with E-state index in [-0.39, 0.29) is 36.5 Å². The van der Waals surface area contributed by atoms with Crippen LogP contribution in [0.4, 0.5) is 4.79 Å². The fourth-order valence-electron chi connectivity index (χ4n) is 6.19. The summed E-state index contributed by atoms with van der Waals surface area (Å²) < 4.78 is 5.75. The zero-order valence-corrected chi connectivity index (χ0v) is 23.1. The van der Waals surface area contributed by atoms with Gasteiger partial charge in [0.25, 0.3) is 0 Å². The van der Waals surface area contributed by atoms with Gasteiger partial charge in [-0.1, -0.05) is 84.9 Å². The standard InChI is InChI=1S/C35H32N2O5/c38-33(36-31-15-7-9-23-8-1-2-10-25(23)31)32(20-22-16-18-24(19-17-22)34(39)40)37-35(41)42-21-30-28-13-5-3-11-26(28)27-12-4-6-14-29(27)30/h1-6,8,10-14,16-19,30-32H,7,9,15,20-21H2,(H,36,38)(H,37,41)(H,39,40)/t31-,32?/m1/s1. The van der Waals surface area contributed by atoms with Crippen LogP contribution in [-0.4, -0.2) is 35.7 Å². The van der Waals surface area contributed by atoms with Crippen molar-refractivity contribution in [3.63, 3.8) is 0 Å². The van der Waals surface area contributed by atoms with Crippen molar-refractivity contribution in [2.75, 3.05) is 6.61 Å². The fraction of sp³-hybridized carbons (Fsp3) is 0.229. The number of carboxylic acid groups (broad SMARTS) is 1. The summed E-state index contributed by atoms with van der Waals surface area (Å²) >= 11 is 0. The van der Waals surface area contributed by atoms with Crippen molar-refractivity contribution < 1.29 is 24.2 Å². The number of aromatic carboxylic acids is 1. The third kappa shape index (κ3) is 5.63. The molecule has 0 bridgehead atoms. The van der Waals surface area contributed by atoms with Gasteiger partial charge in [-0.3, -0.25) is 4.79 Å². The average molecular weight is 561 g/mol. The third-order valence-electron chi connectivity index (χ3n) is 8.28. The molecule has 0 fully saturated rings. The van der Waals surface area contributed by atoms with Crippen LogP contribution in [0.3, 0.4) is 0 Å². The summed E-state index contributed by atoms with van der Waals surface area (Å²) in [6.07, 6.45) is 2.25. The van der Waals surface area contributed by atoms with Gasteiger partial charge in [0.15, 0.2) is 0 Å². The lowest BCUT2D eigenvalue weighted by Crippen LogP contribution is -2.49. The van der Waals surface area contributed by atoms with Gasteiger partial charge in [-0.2, -0.15) is 0 Å². The van der Waals surface area contributed by atoms with Crippen molar-refractivity contribution in [2.24, 2.45) is 0 Å². The highest BCUT2D eigenvalue weighted by molar-refractivity contribution is 5.88. The van der Waals surface area contributed by atoms with E-state index in [1.165, 1.54) is 17.7 Å². The smallest absolute Gasteiger partial charge is 0.407 e. The van der Waals surface area contributed by atoms with Gasteiger partial charge in [0, 0.05) is 12.3 Å². The summed E-state index contributed by atoms with van der Waals surface area (Å²) in [7, 11) is 0. The van der Waals surface area contributed by atoms with E-state index in [1.54, 1.807) is 12.1 Å². The largest absolute Gasteiger partial charge is 0.478 e. The number of carboxylic acids is 1. The Labute approximate surface area is 244 Å². The number of amides is 2. The van der Waals surface area contributed by atoms with Gasteiger partial charge < -0.3 is 20.5 Å². The van der Waals surface area contributed by atoms with Crippen LogP contribution in [0.1, 0.15) is 63.0 Å². The Balaban J connectivity index is 1.18. The molecule has 2 amide bonds. The summed E-state index contributed by atoms with van der Waals surface area (Å²) in [4.78, 5) is 38.1. The zero-order chi connectivity index (χ0) is 29.1. The molecule has 0 aromatic heterocycles. The Morgan fingerprint density at radius 1 is 0.810 bits per heavy atom. The first kappa shape index (κ1) is 27.3. The normalized spacial score (nSPS) is 16.0. The number of aryl methyl sites for hydroxylation is 1. The summed E-state index contributed by atoms with van der Waals surface area (Å²) in [5.74, 6) is -1.44. The number of rotatable bonds is 8. The molecule has 0 saturated heterocycles. The first-order valence-corrected chi connectivity index (χ1v) is 14.3. The van der Waals surface area contributed by atoms with Crippen LogP contribution in [0.2, 0.25) is 0 Å². The summed E-state index contributed by atoms with van der Waals surface area (Å²) in [5.41, 5.74) is 7.69. The van der Waals surface area contributed by atoms with E-state index >= 15 is 0 Å². The molecule has 0 heterocycles. The number of fused-ring (bicyclic) bond motifs is 4. The predicted octanol–water partition coefficient (Wildman–Crippen LogP) is 6.03. The van der Waals surface area contributed by atoms with Crippen LogP contribution in [0.15, 0.2) is 97.1 Å². The highest BCUT2D eigenvalue weighted by atomic mass is 16.5. The SMILES string of the molecule is O=C(NC(Cc1ccc(C(=O)O)cc1)C(=O)N[C@@H]1CCCc2ccccc21)OCC1c2ccccc2-c2ccccc21. The second-order valence-electron chi connectivity index (χ2n) is 10.9. The third-order valence-corrected chi connectivity index (χ3v) is 8.28. The molecule has 2 aliphatic rings. The second-order valence-corrected chi connectivity index (χ2v) is 10.9. The van der Waals surface area contributed by atoms with Crippen LogP contribution < -0.4 is 10.6 Å². The molecule has 212 valence electrons. The molecule has 0 aliphatic heterocycles. The van der Waals surface area contributed by atoms with Crippen LogP contribution in [0, 0.1) is 0 Å². The van der Waals surface area contributed by atoms with E-state index in [0.29, 0.717) is 0 Å². The van der Waals surface area contributed by atoms with Gasteiger partial charge in [0.2, 0.25) is 5.91 Å². The maximum absolute atomic E-state index is 13.6. The number of hydrogen-bond donors (Lipinski definition) is 3. The monoisotopic (exact) mass is 560 g/mol. The zero-order valence-electron chi connectivity index (χ0n) is 23.1. The number of ether oxygens (including phenoxy) is 1. The Morgan fingerprint density at radius 2 is 1.43 bits per heavy atom. The molecule has 7 nitrogen and oxygen atoms in total. The maximum Gasteiger partial charge on any atom is 0.407 e. The van der Waals surface area contributed by atoms with Crippen molar-refractivity contribution in [2.45, 2.75) is 43.7 Å². The fourth-order valence-corrected chi connectivity index (χ4v) is 6.19. The van der Waals surface area contributed by atoms with E-state index in [2.05, 4.69) is 41.0 Å². The molecule has 0 spiro atoms. The van der Waals surface area contributed by atoms with Crippen LogP contribution in [0.5, 0.6) is 0 Å². The Kier molecular flexibility index (Phi) is 7.73. The number of benzene rings is 4. The topological polar surface area (TPSA) is 105 Å². The van der Waals surface area contributed by atoms with Crippen LogP contribution in [-0.2, 0) is 22.4 Å². The van der Waals surface area contributed by atoms with Crippen LogP contribution in [0.25, 0.3) is 11.1 Å². The Morgan fingerprint density at radius 3 is 2.10 bits per heavy atom. The average Bonchev–Trinajstić information content (AvgIpc) is 3.33. The molecule has 6 rings (SSSR count). The molecular formula is C35H32N2O5. The molecule has 4 aromatic rings. The molecule has 42 heavy (non-hydrogen) atoms. The molecular weight excluding hydrogens is 528 g/mol. The van der Waals surface area contributed by atoms with Crippen LogP contribution >= 0.6 is 0 Å². The molecule has 7 heteroatoms. The van der Waals surface area contributed by atoms with Crippen molar-refractivity contribution in [3.05, 3.63) is 130 Å². The summed E-state index contributed by atoms with van der Waals surface area (Å²) in [5, 5.41) is 15.2. The number of hydrogen-bond acceptors (Lipinski definition) is 4. The van der Waals surface area contributed by atoms with Gasteiger partial charge in [-0.05, 0) is 70.3 Å². The van der Waals surface area contributed by atoms with E-state index in [1.807, 2.05) is 42.5 Å². The maximum atomic E-state index is 13.6. The van der Waals surface area contributed by atoms with Crippen molar-refractivity contribution in [3.8, 4) is 11.1 Å². The van der Waals surface area contributed by atoms with Crippen molar-refractivity contribution in [1.82, 2.24) is 10.6 Å². The summed E-state index contributed by atoms with van der Waals surface area (Å²) in [6.45, 7) is 0.136. The molecule has 0 radical (unpaired) electrons. The van der Waals surface area contributed by atoms with Gasteiger partial charge in [0.05, 0.1) is 11.6 Å². The number of alkyl carbamates (subject to hydrolysis) is 1. The van der Waals surface area contributed by atoms with E-state index in [4.69, 9.17) is 4.74 Å². The van der Waals surface area contributed by atoms with Gasteiger partial charge >= 0.3 is 12.1 Å². The molecule has 1 unspecified atom stereocenters. The molecule has 2 aliphatic carbocycles. The minimum absolute atomic E-state index is 0.0993. The van der Waals surface area contributed by atoms with Gasteiger partial charge in [0.1, 0.15) is 12.6 Å². The highest BCUT2D eigenvalue weighted by Gasteiger charge is 2.31. The van der Waals surface area contributed by atoms with Crippen molar-refractivity contribution >= 4 is 18.0 Å².